The number of rotatable bonds is 4. The molecule has 30 heavy (non-hydrogen) atoms. The molecule has 10 heteroatoms. The minimum Gasteiger partial charge on any atom is -0.355 e. The van der Waals surface area contributed by atoms with Crippen molar-refractivity contribution in [1.82, 2.24) is 10.1 Å². The third-order valence-corrected chi connectivity index (χ3v) is 4.82. The molecule has 1 atom stereocenters. The summed E-state index contributed by atoms with van der Waals surface area (Å²) in [6, 6.07) is 8.15. The lowest BCUT2D eigenvalue weighted by Gasteiger charge is -2.25. The van der Waals surface area contributed by atoms with Gasteiger partial charge in [0.15, 0.2) is 5.82 Å². The SMILES string of the molecule is N#Cc1ccc2c(c1C#N)CC(C(F)F)N2Cc1noc(-c2cc(F)cc(F)c2)n1. The molecule has 0 saturated heterocycles. The van der Waals surface area contributed by atoms with Crippen LogP contribution in [0, 0.1) is 34.3 Å². The Morgan fingerprint density at radius 1 is 1.13 bits per heavy atom. The van der Waals surface area contributed by atoms with Crippen molar-refractivity contribution in [3.63, 3.8) is 0 Å². The summed E-state index contributed by atoms with van der Waals surface area (Å²) in [5.74, 6) is -1.79. The monoisotopic (exact) mass is 413 g/mol. The topological polar surface area (TPSA) is 89.7 Å². The summed E-state index contributed by atoms with van der Waals surface area (Å²) in [5, 5.41) is 22.3. The molecule has 1 unspecified atom stereocenters. The van der Waals surface area contributed by atoms with Crippen molar-refractivity contribution in [2.45, 2.75) is 25.4 Å². The minimum atomic E-state index is -2.74. The summed E-state index contributed by atoms with van der Waals surface area (Å²) in [4.78, 5) is 5.39. The van der Waals surface area contributed by atoms with Crippen LogP contribution in [0.2, 0.25) is 0 Å². The Bertz CT molecular complexity index is 1190. The molecule has 0 bridgehead atoms. The van der Waals surface area contributed by atoms with Gasteiger partial charge in [-0.3, -0.25) is 0 Å². The minimum absolute atomic E-state index is 0.0175. The van der Waals surface area contributed by atoms with E-state index in [0.29, 0.717) is 17.3 Å². The van der Waals surface area contributed by atoms with Crippen LogP contribution < -0.4 is 4.90 Å². The average molecular weight is 413 g/mol. The summed E-state index contributed by atoms with van der Waals surface area (Å²) in [7, 11) is 0. The highest BCUT2D eigenvalue weighted by molar-refractivity contribution is 5.68. The normalized spacial score (nSPS) is 15.2. The van der Waals surface area contributed by atoms with Crippen molar-refractivity contribution in [1.29, 1.82) is 10.5 Å². The largest absolute Gasteiger partial charge is 0.355 e. The predicted molar refractivity (Wildman–Crippen MR) is 95.2 cm³/mol. The second-order valence-electron chi connectivity index (χ2n) is 6.62. The van der Waals surface area contributed by atoms with Crippen LogP contribution in [-0.2, 0) is 13.0 Å². The summed E-state index contributed by atoms with van der Waals surface area (Å²) in [6.45, 7) is -0.180. The number of hydrogen-bond donors (Lipinski definition) is 0. The van der Waals surface area contributed by atoms with E-state index >= 15 is 0 Å². The van der Waals surface area contributed by atoms with Crippen molar-refractivity contribution in [3.05, 3.63) is 64.5 Å². The Balaban J connectivity index is 1.69. The number of nitrogens with zero attached hydrogens (tertiary/aromatic N) is 5. The van der Waals surface area contributed by atoms with Gasteiger partial charge in [0.2, 0.25) is 0 Å². The summed E-state index contributed by atoms with van der Waals surface area (Å²) in [5.41, 5.74) is 0.925. The summed E-state index contributed by atoms with van der Waals surface area (Å²) in [6.07, 6.45) is -2.86. The fourth-order valence-electron chi connectivity index (χ4n) is 3.52. The van der Waals surface area contributed by atoms with E-state index in [-0.39, 0.29) is 41.4 Å². The molecule has 0 radical (unpaired) electrons. The van der Waals surface area contributed by atoms with Gasteiger partial charge in [0.05, 0.1) is 23.7 Å². The Morgan fingerprint density at radius 3 is 2.50 bits per heavy atom. The van der Waals surface area contributed by atoms with E-state index in [1.807, 2.05) is 12.1 Å². The summed E-state index contributed by atoms with van der Waals surface area (Å²) >= 11 is 0. The van der Waals surface area contributed by atoms with Crippen LogP contribution in [-0.4, -0.2) is 22.6 Å². The fourth-order valence-corrected chi connectivity index (χ4v) is 3.52. The molecule has 0 spiro atoms. The number of hydrogen-bond acceptors (Lipinski definition) is 6. The number of anilines is 1. The summed E-state index contributed by atoms with van der Waals surface area (Å²) < 4.78 is 59.3. The lowest BCUT2D eigenvalue weighted by Crippen LogP contribution is -2.37. The van der Waals surface area contributed by atoms with Crippen LogP contribution in [0.1, 0.15) is 22.5 Å². The number of alkyl halides is 2. The maximum atomic E-state index is 13.7. The average Bonchev–Trinajstić information content (AvgIpc) is 3.32. The Hall–Kier alpha value is -3.92. The molecular formula is C20H11F4N5O. The van der Waals surface area contributed by atoms with Gasteiger partial charge in [-0.2, -0.15) is 15.5 Å². The van der Waals surface area contributed by atoms with Crippen LogP contribution in [0.4, 0.5) is 23.2 Å². The predicted octanol–water partition coefficient (Wildman–Crippen LogP) is 3.95. The van der Waals surface area contributed by atoms with Gasteiger partial charge in [-0.05, 0) is 29.8 Å². The first-order valence-electron chi connectivity index (χ1n) is 8.71. The molecule has 0 fully saturated rings. The molecule has 150 valence electrons. The van der Waals surface area contributed by atoms with Crippen molar-refractivity contribution in [2.75, 3.05) is 4.90 Å². The van der Waals surface area contributed by atoms with Crippen molar-refractivity contribution in [2.24, 2.45) is 0 Å². The van der Waals surface area contributed by atoms with E-state index < -0.39 is 24.1 Å². The number of benzene rings is 2. The van der Waals surface area contributed by atoms with Crippen LogP contribution in [0.5, 0.6) is 0 Å². The highest BCUT2D eigenvalue weighted by Crippen LogP contribution is 2.38. The molecule has 0 amide bonds. The Labute approximate surface area is 167 Å². The van der Waals surface area contributed by atoms with E-state index in [9.17, 15) is 22.8 Å². The maximum absolute atomic E-state index is 13.7. The third kappa shape index (κ3) is 3.33. The smallest absolute Gasteiger partial charge is 0.258 e. The second kappa shape index (κ2) is 7.48. The molecular weight excluding hydrogens is 402 g/mol. The first-order valence-corrected chi connectivity index (χ1v) is 8.71. The molecule has 3 aromatic rings. The van der Waals surface area contributed by atoms with Crippen LogP contribution in [0.25, 0.3) is 11.5 Å². The Kier molecular flexibility index (Phi) is 4.84. The molecule has 0 aliphatic carbocycles. The molecule has 1 aliphatic rings. The zero-order valence-electron chi connectivity index (χ0n) is 15.1. The Morgan fingerprint density at radius 2 is 1.87 bits per heavy atom. The van der Waals surface area contributed by atoms with E-state index in [1.54, 1.807) is 0 Å². The number of aromatic nitrogens is 2. The highest BCUT2D eigenvalue weighted by atomic mass is 19.3. The van der Waals surface area contributed by atoms with Crippen molar-refractivity contribution >= 4 is 5.69 Å². The molecule has 1 aromatic heterocycles. The van der Waals surface area contributed by atoms with Crippen LogP contribution in [0.3, 0.4) is 0 Å². The lowest BCUT2D eigenvalue weighted by molar-refractivity contribution is 0.114. The number of fused-ring (bicyclic) bond motifs is 1. The van der Waals surface area contributed by atoms with Gasteiger partial charge in [-0.15, -0.1) is 0 Å². The quantitative estimate of drug-likeness (QED) is 0.602. The molecule has 2 aromatic carbocycles. The molecule has 1 aliphatic heterocycles. The zero-order chi connectivity index (χ0) is 21.4. The standard InChI is InChI=1S/C20H11F4N5O/c21-12-3-11(4-13(22)5-12)20-27-18(28-30-20)9-29-16-2-1-10(7-25)15(8-26)14(16)6-17(29)19(23)24/h1-5,17,19H,6,9H2. The van der Waals surface area contributed by atoms with Gasteiger partial charge in [-0.1, -0.05) is 5.16 Å². The van der Waals surface area contributed by atoms with Gasteiger partial charge in [0, 0.05) is 23.7 Å². The highest BCUT2D eigenvalue weighted by Gasteiger charge is 2.38. The van der Waals surface area contributed by atoms with Gasteiger partial charge in [-0.25, -0.2) is 17.6 Å². The number of halogens is 4. The molecule has 0 N–H and O–H groups in total. The van der Waals surface area contributed by atoms with E-state index in [4.69, 9.17) is 9.78 Å². The molecule has 0 saturated carbocycles. The molecule has 4 rings (SSSR count). The third-order valence-electron chi connectivity index (χ3n) is 4.82. The van der Waals surface area contributed by atoms with E-state index in [0.717, 1.165) is 12.1 Å². The van der Waals surface area contributed by atoms with Gasteiger partial charge < -0.3 is 9.42 Å². The van der Waals surface area contributed by atoms with E-state index in [2.05, 4.69) is 10.1 Å². The maximum Gasteiger partial charge on any atom is 0.258 e. The zero-order valence-corrected chi connectivity index (χ0v) is 15.1. The van der Waals surface area contributed by atoms with Crippen LogP contribution >= 0.6 is 0 Å². The van der Waals surface area contributed by atoms with Crippen molar-refractivity contribution in [3.8, 4) is 23.6 Å². The van der Waals surface area contributed by atoms with Crippen molar-refractivity contribution < 1.29 is 22.1 Å². The molecule has 6 nitrogen and oxygen atoms in total. The first-order chi connectivity index (χ1) is 14.4. The van der Waals surface area contributed by atoms with Gasteiger partial charge >= 0.3 is 0 Å². The van der Waals surface area contributed by atoms with E-state index in [1.165, 1.54) is 17.0 Å². The first kappa shape index (κ1) is 19.4. The van der Waals surface area contributed by atoms with Gasteiger partial charge in [0.25, 0.3) is 12.3 Å². The number of nitriles is 2. The second-order valence-corrected chi connectivity index (χ2v) is 6.62. The van der Waals surface area contributed by atoms with Gasteiger partial charge in [0.1, 0.15) is 23.8 Å². The lowest BCUT2D eigenvalue weighted by atomic mass is 9.99. The fraction of sp³-hybridized carbons (Fsp3) is 0.200. The molecule has 2 heterocycles. The van der Waals surface area contributed by atoms with Crippen LogP contribution in [0.15, 0.2) is 34.9 Å².